The molecule has 0 radical (unpaired) electrons. The van der Waals surface area contributed by atoms with Crippen molar-refractivity contribution in [3.63, 3.8) is 0 Å². The van der Waals surface area contributed by atoms with Gasteiger partial charge in [-0.25, -0.2) is 0 Å². The third kappa shape index (κ3) is 2.04. The lowest BCUT2D eigenvalue weighted by atomic mass is 9.98. The summed E-state index contributed by atoms with van der Waals surface area (Å²) in [5, 5.41) is 8.94. The fourth-order valence-electron chi connectivity index (χ4n) is 2.33. The van der Waals surface area contributed by atoms with Crippen LogP contribution in [0.1, 0.15) is 43.7 Å². The molecule has 1 aliphatic heterocycles. The normalized spacial score (nSPS) is 15.5. The third-order valence-corrected chi connectivity index (χ3v) is 3.23. The Morgan fingerprint density at radius 3 is 2.50 bits per heavy atom. The van der Waals surface area contributed by atoms with Gasteiger partial charge in [0.1, 0.15) is 0 Å². The van der Waals surface area contributed by atoms with E-state index in [1.807, 2.05) is 12.1 Å². The van der Waals surface area contributed by atoms with Crippen molar-refractivity contribution in [3.05, 3.63) is 29.3 Å². The second kappa shape index (κ2) is 4.57. The molecule has 0 N–H and O–H groups in total. The summed E-state index contributed by atoms with van der Waals surface area (Å²) in [7, 11) is 0. The van der Waals surface area contributed by atoms with Crippen molar-refractivity contribution in [2.45, 2.75) is 32.6 Å². The lowest BCUT2D eigenvalue weighted by Gasteiger charge is -2.23. The predicted molar refractivity (Wildman–Crippen MR) is 66.7 cm³/mol. The zero-order chi connectivity index (χ0) is 11.5. The Hall–Kier alpha value is -1.49. The van der Waals surface area contributed by atoms with E-state index in [4.69, 9.17) is 5.26 Å². The van der Waals surface area contributed by atoms with Gasteiger partial charge in [-0.2, -0.15) is 5.26 Å². The van der Waals surface area contributed by atoms with E-state index in [9.17, 15) is 0 Å². The van der Waals surface area contributed by atoms with Crippen LogP contribution in [0.3, 0.4) is 0 Å². The van der Waals surface area contributed by atoms with Gasteiger partial charge in [-0.1, -0.05) is 13.8 Å². The summed E-state index contributed by atoms with van der Waals surface area (Å²) in [6.07, 6.45) is 2.58. The van der Waals surface area contributed by atoms with Crippen LogP contribution < -0.4 is 4.90 Å². The molecular formula is C14H18N2. The van der Waals surface area contributed by atoms with E-state index in [0.29, 0.717) is 5.92 Å². The highest BCUT2D eigenvalue weighted by atomic mass is 15.1. The lowest BCUT2D eigenvalue weighted by Crippen LogP contribution is -2.19. The van der Waals surface area contributed by atoms with Crippen molar-refractivity contribution in [1.29, 1.82) is 5.26 Å². The van der Waals surface area contributed by atoms with Crippen molar-refractivity contribution in [2.75, 3.05) is 18.0 Å². The minimum absolute atomic E-state index is 0.476. The fraction of sp³-hybridized carbons (Fsp3) is 0.500. The Bertz CT molecular complexity index is 409. The molecule has 0 amide bonds. The summed E-state index contributed by atoms with van der Waals surface area (Å²) in [6, 6.07) is 8.30. The number of anilines is 1. The summed E-state index contributed by atoms with van der Waals surface area (Å²) in [5.41, 5.74) is 3.40. The van der Waals surface area contributed by atoms with Crippen molar-refractivity contribution in [2.24, 2.45) is 0 Å². The van der Waals surface area contributed by atoms with E-state index in [-0.39, 0.29) is 0 Å². The molecule has 0 atom stereocenters. The summed E-state index contributed by atoms with van der Waals surface area (Å²) < 4.78 is 0. The molecule has 2 heteroatoms. The number of hydrogen-bond donors (Lipinski definition) is 0. The molecule has 1 aromatic rings. The number of benzene rings is 1. The third-order valence-electron chi connectivity index (χ3n) is 3.23. The highest BCUT2D eigenvalue weighted by Crippen LogP contribution is 2.30. The molecule has 0 saturated carbocycles. The molecule has 2 nitrogen and oxygen atoms in total. The van der Waals surface area contributed by atoms with E-state index in [0.717, 1.165) is 18.7 Å². The fourth-order valence-corrected chi connectivity index (χ4v) is 2.33. The predicted octanol–water partition coefficient (Wildman–Crippen LogP) is 3.28. The minimum atomic E-state index is 0.476. The monoisotopic (exact) mass is 214 g/mol. The van der Waals surface area contributed by atoms with Gasteiger partial charge in [-0.15, -0.1) is 0 Å². The molecule has 2 rings (SSSR count). The van der Waals surface area contributed by atoms with Crippen LogP contribution in [0.25, 0.3) is 0 Å². The number of nitriles is 1. The van der Waals surface area contributed by atoms with Gasteiger partial charge < -0.3 is 4.90 Å². The van der Waals surface area contributed by atoms with Gasteiger partial charge in [0.25, 0.3) is 0 Å². The minimum Gasteiger partial charge on any atom is -0.371 e. The second-order valence-corrected chi connectivity index (χ2v) is 4.73. The van der Waals surface area contributed by atoms with Crippen LogP contribution in [0, 0.1) is 11.3 Å². The number of hydrogen-bond acceptors (Lipinski definition) is 2. The maximum atomic E-state index is 8.94. The van der Waals surface area contributed by atoms with Crippen molar-refractivity contribution >= 4 is 5.69 Å². The topological polar surface area (TPSA) is 27.0 Å². The molecule has 1 fully saturated rings. The van der Waals surface area contributed by atoms with Crippen LogP contribution in [0.5, 0.6) is 0 Å². The smallest absolute Gasteiger partial charge is 0.0991 e. The summed E-state index contributed by atoms with van der Waals surface area (Å²) in [5.74, 6) is 0.476. The SMILES string of the molecule is CC(C)c1cc(C#N)ccc1N1CCCC1. The zero-order valence-corrected chi connectivity index (χ0v) is 10.0. The highest BCUT2D eigenvalue weighted by Gasteiger charge is 2.17. The van der Waals surface area contributed by atoms with Crippen molar-refractivity contribution < 1.29 is 0 Å². The van der Waals surface area contributed by atoms with Gasteiger partial charge in [0.2, 0.25) is 0 Å². The first-order valence-electron chi connectivity index (χ1n) is 6.01. The van der Waals surface area contributed by atoms with Crippen molar-refractivity contribution in [3.8, 4) is 6.07 Å². The van der Waals surface area contributed by atoms with Crippen LogP contribution in [0.4, 0.5) is 5.69 Å². The molecule has 0 bridgehead atoms. The van der Waals surface area contributed by atoms with Gasteiger partial charge in [0.15, 0.2) is 0 Å². The molecule has 0 unspecified atom stereocenters. The van der Waals surface area contributed by atoms with Gasteiger partial charge >= 0.3 is 0 Å². The van der Waals surface area contributed by atoms with Crippen molar-refractivity contribution in [1.82, 2.24) is 0 Å². The highest BCUT2D eigenvalue weighted by molar-refractivity contribution is 5.58. The first-order chi connectivity index (χ1) is 7.72. The molecule has 0 aromatic heterocycles. The second-order valence-electron chi connectivity index (χ2n) is 4.73. The average Bonchev–Trinajstić information content (AvgIpc) is 2.81. The van der Waals surface area contributed by atoms with Crippen LogP contribution >= 0.6 is 0 Å². The maximum Gasteiger partial charge on any atom is 0.0991 e. The average molecular weight is 214 g/mol. The van der Waals surface area contributed by atoms with E-state index in [1.165, 1.54) is 24.1 Å². The molecule has 0 spiro atoms. The van der Waals surface area contributed by atoms with E-state index in [2.05, 4.69) is 30.9 Å². The summed E-state index contributed by atoms with van der Waals surface area (Å²) in [4.78, 5) is 2.44. The van der Waals surface area contributed by atoms with Gasteiger partial charge in [0.05, 0.1) is 11.6 Å². The van der Waals surface area contributed by atoms with Gasteiger partial charge in [0, 0.05) is 18.8 Å². The van der Waals surface area contributed by atoms with Crippen LogP contribution in [-0.4, -0.2) is 13.1 Å². The zero-order valence-electron chi connectivity index (χ0n) is 10.0. The maximum absolute atomic E-state index is 8.94. The molecule has 0 aliphatic carbocycles. The van der Waals surface area contributed by atoms with Gasteiger partial charge in [-0.05, 0) is 42.5 Å². The largest absolute Gasteiger partial charge is 0.371 e. The van der Waals surface area contributed by atoms with Crippen LogP contribution in [-0.2, 0) is 0 Å². The number of rotatable bonds is 2. The first kappa shape index (κ1) is 11.0. The molecule has 1 heterocycles. The molecule has 1 aromatic carbocycles. The Labute approximate surface area is 97.5 Å². The summed E-state index contributed by atoms with van der Waals surface area (Å²) in [6.45, 7) is 6.70. The quantitative estimate of drug-likeness (QED) is 0.755. The van der Waals surface area contributed by atoms with Gasteiger partial charge in [-0.3, -0.25) is 0 Å². The van der Waals surface area contributed by atoms with E-state index >= 15 is 0 Å². The van der Waals surface area contributed by atoms with E-state index in [1.54, 1.807) is 0 Å². The Morgan fingerprint density at radius 1 is 1.25 bits per heavy atom. The summed E-state index contributed by atoms with van der Waals surface area (Å²) >= 11 is 0. The standard InChI is InChI=1S/C14H18N2/c1-11(2)13-9-12(10-15)5-6-14(13)16-7-3-4-8-16/h5-6,9,11H,3-4,7-8H2,1-2H3. The molecule has 1 aliphatic rings. The van der Waals surface area contributed by atoms with Crippen LogP contribution in [0.15, 0.2) is 18.2 Å². The first-order valence-corrected chi connectivity index (χ1v) is 6.01. The molecule has 1 saturated heterocycles. The molecule has 16 heavy (non-hydrogen) atoms. The number of nitrogens with zero attached hydrogens (tertiary/aromatic N) is 2. The van der Waals surface area contributed by atoms with E-state index < -0.39 is 0 Å². The van der Waals surface area contributed by atoms with Crippen LogP contribution in [0.2, 0.25) is 0 Å². The Kier molecular flexibility index (Phi) is 3.14. The lowest BCUT2D eigenvalue weighted by molar-refractivity contribution is 0.845. The Morgan fingerprint density at radius 2 is 1.94 bits per heavy atom. The molecular weight excluding hydrogens is 196 g/mol. The molecule has 84 valence electrons. The Balaban J connectivity index is 2.40.